The molecule has 1 aromatic rings. The lowest BCUT2D eigenvalue weighted by Gasteiger charge is -2.27. The molecule has 0 saturated carbocycles. The summed E-state index contributed by atoms with van der Waals surface area (Å²) >= 11 is 0. The summed E-state index contributed by atoms with van der Waals surface area (Å²) in [6, 6.07) is 4.87. The maximum absolute atomic E-state index is 6.25. The molecular weight excluding hydrogens is 182 g/mol. The van der Waals surface area contributed by atoms with E-state index in [1.165, 1.54) is 29.5 Å². The molecule has 0 fully saturated rings. The van der Waals surface area contributed by atoms with Crippen molar-refractivity contribution in [3.05, 3.63) is 34.4 Å². The second kappa shape index (κ2) is 4.36. The first-order valence-electron chi connectivity index (χ1n) is 6.17. The average molecular weight is 203 g/mol. The number of hydrogen-bond acceptors (Lipinski definition) is 1. The summed E-state index contributed by atoms with van der Waals surface area (Å²) < 4.78 is 0. The van der Waals surface area contributed by atoms with E-state index in [4.69, 9.17) is 5.73 Å². The third kappa shape index (κ3) is 1.81. The van der Waals surface area contributed by atoms with E-state index in [1.54, 1.807) is 5.56 Å². The largest absolute Gasteiger partial charge is 0.324 e. The molecule has 0 spiro atoms. The Bertz CT molecular complexity index is 355. The number of nitrogens with two attached hydrogens (primary N) is 1. The molecule has 1 atom stereocenters. The van der Waals surface area contributed by atoms with Gasteiger partial charge in [0.25, 0.3) is 0 Å². The Kier molecular flexibility index (Phi) is 3.11. The quantitative estimate of drug-likeness (QED) is 0.785. The van der Waals surface area contributed by atoms with Crippen LogP contribution in [0.5, 0.6) is 0 Å². The van der Waals surface area contributed by atoms with Gasteiger partial charge in [0, 0.05) is 6.04 Å². The van der Waals surface area contributed by atoms with Crippen LogP contribution in [0.2, 0.25) is 0 Å². The molecule has 1 aromatic carbocycles. The summed E-state index contributed by atoms with van der Waals surface area (Å²) in [5.41, 5.74) is 12.3. The minimum atomic E-state index is 0.287. The van der Waals surface area contributed by atoms with E-state index in [1.807, 2.05) is 0 Å². The number of rotatable bonds is 2. The molecular formula is C14H21N. The molecule has 82 valence electrons. The number of aryl methyl sites for hydroxylation is 2. The molecule has 1 nitrogen and oxygen atoms in total. The molecule has 2 rings (SSSR count). The Balaban J connectivity index is 2.56. The van der Waals surface area contributed by atoms with Gasteiger partial charge in [-0.25, -0.2) is 0 Å². The van der Waals surface area contributed by atoms with Crippen LogP contribution in [0.4, 0.5) is 0 Å². The fourth-order valence-corrected chi connectivity index (χ4v) is 2.80. The maximum Gasteiger partial charge on any atom is 0.0300 e. The first-order chi connectivity index (χ1) is 7.27. The molecule has 1 aliphatic carbocycles. The van der Waals surface area contributed by atoms with E-state index in [9.17, 15) is 0 Å². The first kappa shape index (κ1) is 10.7. The Morgan fingerprint density at radius 2 is 1.87 bits per heavy atom. The van der Waals surface area contributed by atoms with Crippen LogP contribution in [0.1, 0.15) is 55.0 Å². The summed E-state index contributed by atoms with van der Waals surface area (Å²) in [6.45, 7) is 4.46. The fourth-order valence-electron chi connectivity index (χ4n) is 2.80. The van der Waals surface area contributed by atoms with Gasteiger partial charge >= 0.3 is 0 Å². The zero-order valence-corrected chi connectivity index (χ0v) is 9.84. The molecule has 0 bridgehead atoms. The van der Waals surface area contributed by atoms with E-state index >= 15 is 0 Å². The van der Waals surface area contributed by atoms with Gasteiger partial charge < -0.3 is 5.73 Å². The topological polar surface area (TPSA) is 26.0 Å². The van der Waals surface area contributed by atoms with Crippen LogP contribution in [-0.2, 0) is 19.3 Å². The summed E-state index contributed by atoms with van der Waals surface area (Å²) in [4.78, 5) is 0. The van der Waals surface area contributed by atoms with Gasteiger partial charge in [0.2, 0.25) is 0 Å². The summed E-state index contributed by atoms with van der Waals surface area (Å²) in [7, 11) is 0. The molecule has 0 radical (unpaired) electrons. The molecule has 1 aliphatic rings. The van der Waals surface area contributed by atoms with Gasteiger partial charge in [-0.05, 0) is 54.4 Å². The molecule has 0 saturated heterocycles. The van der Waals surface area contributed by atoms with Gasteiger partial charge in [0.15, 0.2) is 0 Å². The Morgan fingerprint density at radius 3 is 2.53 bits per heavy atom. The van der Waals surface area contributed by atoms with Crippen molar-refractivity contribution in [1.29, 1.82) is 0 Å². The van der Waals surface area contributed by atoms with Gasteiger partial charge in [-0.2, -0.15) is 0 Å². The van der Waals surface area contributed by atoms with Crippen LogP contribution in [0, 0.1) is 0 Å². The smallest absolute Gasteiger partial charge is 0.0300 e. The van der Waals surface area contributed by atoms with Crippen molar-refractivity contribution in [2.75, 3.05) is 0 Å². The van der Waals surface area contributed by atoms with Crippen LogP contribution in [0.15, 0.2) is 12.1 Å². The average Bonchev–Trinajstić information content (AvgIpc) is 2.28. The molecule has 0 aromatic heterocycles. The monoisotopic (exact) mass is 203 g/mol. The lowest BCUT2D eigenvalue weighted by Crippen LogP contribution is -2.20. The molecule has 15 heavy (non-hydrogen) atoms. The van der Waals surface area contributed by atoms with E-state index in [0.29, 0.717) is 0 Å². The molecule has 0 heterocycles. The highest BCUT2D eigenvalue weighted by Crippen LogP contribution is 2.33. The van der Waals surface area contributed by atoms with Gasteiger partial charge in [-0.15, -0.1) is 0 Å². The minimum Gasteiger partial charge on any atom is -0.324 e. The van der Waals surface area contributed by atoms with Crippen LogP contribution < -0.4 is 5.73 Å². The van der Waals surface area contributed by atoms with Crippen molar-refractivity contribution < 1.29 is 0 Å². The zero-order chi connectivity index (χ0) is 10.8. The second-order valence-corrected chi connectivity index (χ2v) is 4.48. The number of hydrogen-bond donors (Lipinski definition) is 1. The number of benzene rings is 1. The van der Waals surface area contributed by atoms with E-state index in [2.05, 4.69) is 26.0 Å². The van der Waals surface area contributed by atoms with Crippen molar-refractivity contribution in [3.63, 3.8) is 0 Å². The SMILES string of the molecule is CCc1ccc(CC)c2c1CCC[C@H]2N. The third-order valence-electron chi connectivity index (χ3n) is 3.62. The van der Waals surface area contributed by atoms with Crippen LogP contribution in [-0.4, -0.2) is 0 Å². The minimum absolute atomic E-state index is 0.287. The highest BCUT2D eigenvalue weighted by molar-refractivity contribution is 5.44. The fraction of sp³-hybridized carbons (Fsp3) is 0.571. The lowest BCUT2D eigenvalue weighted by molar-refractivity contribution is 0.562. The normalized spacial score (nSPS) is 20.1. The summed E-state index contributed by atoms with van der Waals surface area (Å²) in [5, 5.41) is 0. The standard InChI is InChI=1S/C14H21N/c1-3-10-8-9-11(4-2)14-12(10)6-5-7-13(14)15/h8-9,13H,3-7,15H2,1-2H3/t13-/m1/s1. The van der Waals surface area contributed by atoms with E-state index in [0.717, 1.165) is 19.3 Å². The Hall–Kier alpha value is -0.820. The van der Waals surface area contributed by atoms with Gasteiger partial charge in [0.1, 0.15) is 0 Å². The third-order valence-corrected chi connectivity index (χ3v) is 3.62. The van der Waals surface area contributed by atoms with Crippen LogP contribution in [0.25, 0.3) is 0 Å². The molecule has 0 aliphatic heterocycles. The Morgan fingerprint density at radius 1 is 1.20 bits per heavy atom. The lowest BCUT2D eigenvalue weighted by atomic mass is 9.81. The summed E-state index contributed by atoms with van der Waals surface area (Å²) in [5.74, 6) is 0. The molecule has 2 N–H and O–H groups in total. The number of fused-ring (bicyclic) bond motifs is 1. The van der Waals surface area contributed by atoms with Crippen molar-refractivity contribution in [2.45, 2.75) is 52.0 Å². The zero-order valence-electron chi connectivity index (χ0n) is 9.84. The predicted octanol–water partition coefficient (Wildman–Crippen LogP) is 3.15. The highest BCUT2D eigenvalue weighted by Gasteiger charge is 2.21. The van der Waals surface area contributed by atoms with E-state index < -0.39 is 0 Å². The summed E-state index contributed by atoms with van der Waals surface area (Å²) in [6.07, 6.45) is 5.90. The van der Waals surface area contributed by atoms with Crippen molar-refractivity contribution >= 4 is 0 Å². The van der Waals surface area contributed by atoms with Crippen molar-refractivity contribution in [1.82, 2.24) is 0 Å². The van der Waals surface area contributed by atoms with Crippen molar-refractivity contribution in [2.24, 2.45) is 5.73 Å². The van der Waals surface area contributed by atoms with Gasteiger partial charge in [0.05, 0.1) is 0 Å². The molecule has 1 heteroatoms. The van der Waals surface area contributed by atoms with Crippen LogP contribution in [0.3, 0.4) is 0 Å². The Labute approximate surface area is 92.7 Å². The molecule has 0 unspecified atom stereocenters. The van der Waals surface area contributed by atoms with Crippen molar-refractivity contribution in [3.8, 4) is 0 Å². The van der Waals surface area contributed by atoms with Gasteiger partial charge in [-0.3, -0.25) is 0 Å². The predicted molar refractivity (Wildman–Crippen MR) is 65.1 cm³/mol. The second-order valence-electron chi connectivity index (χ2n) is 4.48. The van der Waals surface area contributed by atoms with Crippen LogP contribution >= 0.6 is 0 Å². The first-order valence-corrected chi connectivity index (χ1v) is 6.17. The maximum atomic E-state index is 6.25. The molecule has 0 amide bonds. The van der Waals surface area contributed by atoms with E-state index in [-0.39, 0.29) is 6.04 Å². The van der Waals surface area contributed by atoms with Gasteiger partial charge in [-0.1, -0.05) is 26.0 Å². The highest BCUT2D eigenvalue weighted by atomic mass is 14.6.